The van der Waals surface area contributed by atoms with Crippen molar-refractivity contribution in [1.29, 1.82) is 0 Å². The fourth-order valence-corrected chi connectivity index (χ4v) is 4.20. The van der Waals surface area contributed by atoms with Crippen LogP contribution in [-0.2, 0) is 27.0 Å². The van der Waals surface area contributed by atoms with Gasteiger partial charge in [-0.2, -0.15) is 13.2 Å². The van der Waals surface area contributed by atoms with E-state index in [1.807, 2.05) is 4.90 Å². The molecule has 2 aromatic rings. The molecule has 1 heterocycles. The molecule has 0 unspecified atom stereocenters. The van der Waals surface area contributed by atoms with Crippen LogP contribution in [0.15, 0.2) is 54.3 Å². The SMILES string of the molecule is CCOC1=CC(c2ccc(NC(=O)Nc3ccc(CN4CCOCC4)c(C(F)(F)F)c3)c(F)c2)=CCC1=O. The number of rotatable bonds is 7. The predicted molar refractivity (Wildman–Crippen MR) is 134 cm³/mol. The van der Waals surface area contributed by atoms with Crippen molar-refractivity contribution >= 4 is 28.8 Å². The lowest BCUT2D eigenvalue weighted by Gasteiger charge is -2.27. The van der Waals surface area contributed by atoms with Crippen LogP contribution < -0.4 is 10.6 Å². The number of halogens is 4. The van der Waals surface area contributed by atoms with Crippen LogP contribution in [0.2, 0.25) is 0 Å². The summed E-state index contributed by atoms with van der Waals surface area (Å²) in [7, 11) is 0. The Morgan fingerprint density at radius 1 is 1.11 bits per heavy atom. The highest BCUT2D eigenvalue weighted by molar-refractivity contribution is 6.02. The van der Waals surface area contributed by atoms with Crippen LogP contribution in [0.1, 0.15) is 30.0 Å². The fourth-order valence-electron chi connectivity index (χ4n) is 4.20. The summed E-state index contributed by atoms with van der Waals surface area (Å²) in [5.74, 6) is -0.728. The van der Waals surface area contributed by atoms with E-state index in [4.69, 9.17) is 9.47 Å². The number of allylic oxidation sites excluding steroid dienone is 4. The number of carbonyl (C=O) groups excluding carboxylic acids is 2. The van der Waals surface area contributed by atoms with Gasteiger partial charge in [-0.1, -0.05) is 18.2 Å². The first kappa shape index (κ1) is 27.3. The molecule has 4 rings (SSSR count). The van der Waals surface area contributed by atoms with Gasteiger partial charge in [-0.3, -0.25) is 9.69 Å². The molecule has 1 saturated heterocycles. The Kier molecular flexibility index (Phi) is 8.48. The van der Waals surface area contributed by atoms with Crippen molar-refractivity contribution < 1.29 is 36.6 Å². The molecule has 2 N–H and O–H groups in total. The predicted octanol–water partition coefficient (Wildman–Crippen LogP) is 5.60. The van der Waals surface area contributed by atoms with Crippen LogP contribution >= 0.6 is 0 Å². The first-order valence-corrected chi connectivity index (χ1v) is 12.1. The van der Waals surface area contributed by atoms with E-state index >= 15 is 0 Å². The molecule has 11 heteroatoms. The van der Waals surface area contributed by atoms with Crippen molar-refractivity contribution in [1.82, 2.24) is 4.90 Å². The van der Waals surface area contributed by atoms with Gasteiger partial charge >= 0.3 is 12.2 Å². The van der Waals surface area contributed by atoms with Crippen LogP contribution in [0.3, 0.4) is 0 Å². The van der Waals surface area contributed by atoms with Crippen molar-refractivity contribution in [3.8, 4) is 0 Å². The number of alkyl halides is 3. The summed E-state index contributed by atoms with van der Waals surface area (Å²) < 4.78 is 66.6. The highest BCUT2D eigenvalue weighted by atomic mass is 19.4. The molecule has 0 aromatic heterocycles. The van der Waals surface area contributed by atoms with Gasteiger partial charge in [-0.15, -0.1) is 0 Å². The molecule has 202 valence electrons. The summed E-state index contributed by atoms with van der Waals surface area (Å²) in [6.07, 6.45) is -1.31. The summed E-state index contributed by atoms with van der Waals surface area (Å²) in [6.45, 7) is 4.15. The van der Waals surface area contributed by atoms with Crippen molar-refractivity contribution in [3.05, 3.63) is 76.8 Å². The number of carbonyl (C=O) groups is 2. The summed E-state index contributed by atoms with van der Waals surface area (Å²) in [5, 5.41) is 4.66. The van der Waals surface area contributed by atoms with Gasteiger partial charge in [0.2, 0.25) is 5.78 Å². The molecular formula is C27H27F4N3O4. The number of nitrogens with one attached hydrogen (secondary N) is 2. The zero-order valence-electron chi connectivity index (χ0n) is 20.7. The Labute approximate surface area is 217 Å². The molecule has 1 aliphatic carbocycles. The lowest BCUT2D eigenvalue weighted by atomic mass is 9.97. The molecule has 0 radical (unpaired) electrons. The van der Waals surface area contributed by atoms with Gasteiger partial charge in [0.15, 0.2) is 5.76 Å². The second-order valence-corrected chi connectivity index (χ2v) is 8.76. The highest BCUT2D eigenvalue weighted by Gasteiger charge is 2.34. The van der Waals surface area contributed by atoms with Gasteiger partial charge in [0.05, 0.1) is 31.1 Å². The summed E-state index contributed by atoms with van der Waals surface area (Å²) in [6, 6.07) is 6.77. The van der Waals surface area contributed by atoms with E-state index in [9.17, 15) is 27.2 Å². The third-order valence-electron chi connectivity index (χ3n) is 6.09. The maximum Gasteiger partial charge on any atom is 0.416 e. The third-order valence-corrected chi connectivity index (χ3v) is 6.09. The molecule has 0 spiro atoms. The van der Waals surface area contributed by atoms with Crippen molar-refractivity contribution in [2.75, 3.05) is 43.5 Å². The number of ether oxygens (including phenoxy) is 2. The second-order valence-electron chi connectivity index (χ2n) is 8.76. The maximum absolute atomic E-state index is 14.8. The van der Waals surface area contributed by atoms with E-state index in [1.54, 1.807) is 19.1 Å². The van der Waals surface area contributed by atoms with Gasteiger partial charge in [-0.25, -0.2) is 9.18 Å². The number of morpholine rings is 1. The largest absolute Gasteiger partial charge is 0.490 e. The van der Waals surface area contributed by atoms with Crippen LogP contribution in [0, 0.1) is 5.82 Å². The first-order chi connectivity index (χ1) is 18.1. The van der Waals surface area contributed by atoms with Crippen molar-refractivity contribution in [2.45, 2.75) is 26.1 Å². The quantitative estimate of drug-likeness (QED) is 0.453. The minimum atomic E-state index is -4.62. The monoisotopic (exact) mass is 533 g/mol. The molecule has 7 nitrogen and oxygen atoms in total. The molecular weight excluding hydrogens is 506 g/mol. The van der Waals surface area contributed by atoms with E-state index in [-0.39, 0.29) is 41.4 Å². The number of hydrogen-bond donors (Lipinski definition) is 2. The van der Waals surface area contributed by atoms with E-state index in [0.29, 0.717) is 44.0 Å². The topological polar surface area (TPSA) is 79.9 Å². The van der Waals surface area contributed by atoms with Gasteiger partial charge < -0.3 is 20.1 Å². The Bertz CT molecular complexity index is 1270. The van der Waals surface area contributed by atoms with Gasteiger partial charge in [-0.05, 0) is 54.0 Å². The van der Waals surface area contributed by atoms with E-state index in [2.05, 4.69) is 10.6 Å². The standard InChI is InChI=1S/C27H27F4N3O4/c1-2-38-25-14-18(5-8-24(25)35)17-4-7-23(22(28)13-17)33-26(36)32-20-6-3-19(21(15-20)27(29,30)31)16-34-9-11-37-12-10-34/h3-7,13-15H,2,8-12,16H2,1H3,(H2,32,33,36). The maximum atomic E-state index is 14.8. The summed E-state index contributed by atoms with van der Waals surface area (Å²) >= 11 is 0. The lowest BCUT2D eigenvalue weighted by molar-refractivity contribution is -0.138. The van der Waals surface area contributed by atoms with Crippen LogP contribution in [0.4, 0.5) is 33.7 Å². The third kappa shape index (κ3) is 6.78. The number of anilines is 2. The van der Waals surface area contributed by atoms with Crippen molar-refractivity contribution in [3.63, 3.8) is 0 Å². The molecule has 2 amide bonds. The van der Waals surface area contributed by atoms with Gasteiger partial charge in [0.25, 0.3) is 0 Å². The summed E-state index contributed by atoms with van der Waals surface area (Å²) in [4.78, 5) is 26.2. The number of urea groups is 1. The Balaban J connectivity index is 1.45. The molecule has 38 heavy (non-hydrogen) atoms. The van der Waals surface area contributed by atoms with Crippen LogP contribution in [0.5, 0.6) is 0 Å². The highest BCUT2D eigenvalue weighted by Crippen LogP contribution is 2.35. The number of hydrogen-bond acceptors (Lipinski definition) is 5. The summed E-state index contributed by atoms with van der Waals surface area (Å²) in [5.41, 5.74) is 0.0721. The normalized spacial score (nSPS) is 16.5. The number of Topliss-reactive ketones (excluding diaryl/α,β-unsaturated/α-hetero) is 1. The zero-order chi connectivity index (χ0) is 27.3. The Morgan fingerprint density at radius 2 is 1.87 bits per heavy atom. The second kappa shape index (κ2) is 11.8. The van der Waals surface area contributed by atoms with Crippen molar-refractivity contribution in [2.24, 2.45) is 0 Å². The molecule has 0 atom stereocenters. The average Bonchev–Trinajstić information content (AvgIpc) is 2.87. The molecule has 2 aliphatic rings. The van der Waals surface area contributed by atoms with E-state index < -0.39 is 23.6 Å². The number of amides is 2. The van der Waals surface area contributed by atoms with Crippen LogP contribution in [0.25, 0.3) is 5.57 Å². The first-order valence-electron chi connectivity index (χ1n) is 12.1. The van der Waals surface area contributed by atoms with Crippen LogP contribution in [-0.4, -0.2) is 49.6 Å². The van der Waals surface area contributed by atoms with E-state index in [1.165, 1.54) is 30.3 Å². The van der Waals surface area contributed by atoms with Gasteiger partial charge in [0.1, 0.15) is 5.82 Å². The van der Waals surface area contributed by atoms with E-state index in [0.717, 1.165) is 6.07 Å². The minimum Gasteiger partial charge on any atom is -0.490 e. The smallest absolute Gasteiger partial charge is 0.416 e. The number of ketones is 1. The fraction of sp³-hybridized carbons (Fsp3) is 0.333. The number of benzene rings is 2. The molecule has 0 saturated carbocycles. The zero-order valence-corrected chi connectivity index (χ0v) is 20.7. The molecule has 0 bridgehead atoms. The lowest BCUT2D eigenvalue weighted by Crippen LogP contribution is -2.36. The average molecular weight is 534 g/mol. The molecule has 1 fully saturated rings. The molecule has 1 aliphatic heterocycles. The minimum absolute atomic E-state index is 0.0804. The van der Waals surface area contributed by atoms with Gasteiger partial charge in [0, 0.05) is 31.7 Å². The number of nitrogens with zero attached hydrogens (tertiary/aromatic N) is 1. The Morgan fingerprint density at radius 3 is 2.55 bits per heavy atom. The Hall–Kier alpha value is -3.70. The molecule has 2 aromatic carbocycles.